The van der Waals surface area contributed by atoms with E-state index < -0.39 is 0 Å². The van der Waals surface area contributed by atoms with Crippen molar-refractivity contribution in [2.45, 2.75) is 12.5 Å². The van der Waals surface area contributed by atoms with Gasteiger partial charge in [0.05, 0.1) is 5.54 Å². The maximum absolute atomic E-state index is 3.55. The summed E-state index contributed by atoms with van der Waals surface area (Å²) in [7, 11) is 0. The highest BCUT2D eigenvalue weighted by Gasteiger charge is 2.27. The van der Waals surface area contributed by atoms with E-state index in [-0.39, 0.29) is 5.54 Å². The van der Waals surface area contributed by atoms with Gasteiger partial charge in [-0.1, -0.05) is 28.1 Å². The smallest absolute Gasteiger partial charge is 0.0532 e. The normalized spacial score (nSPS) is 27.6. The van der Waals surface area contributed by atoms with Crippen molar-refractivity contribution in [3.05, 3.63) is 34.3 Å². The molecule has 1 aromatic rings. The molecule has 0 unspecified atom stereocenters. The quantitative estimate of drug-likeness (QED) is 0.800. The predicted octanol–water partition coefficient (Wildman–Crippen LogP) is 1.86. The lowest BCUT2D eigenvalue weighted by atomic mass is 9.90. The molecule has 0 aliphatic carbocycles. The van der Waals surface area contributed by atoms with Gasteiger partial charge >= 0.3 is 0 Å². The van der Waals surface area contributed by atoms with E-state index in [2.05, 4.69) is 57.8 Å². The van der Waals surface area contributed by atoms with Gasteiger partial charge in [0.15, 0.2) is 0 Å². The molecule has 1 aliphatic heterocycles. The fourth-order valence-corrected chi connectivity index (χ4v) is 2.11. The lowest BCUT2D eigenvalue weighted by molar-refractivity contribution is 0.303. The summed E-state index contributed by atoms with van der Waals surface area (Å²) in [5.41, 5.74) is 1.42. The van der Waals surface area contributed by atoms with Gasteiger partial charge in [-0.15, -0.1) is 0 Å². The van der Waals surface area contributed by atoms with Crippen LogP contribution < -0.4 is 10.6 Å². The minimum absolute atomic E-state index is 0.0823. The highest BCUT2D eigenvalue weighted by atomic mass is 79.9. The molecule has 0 spiro atoms. The van der Waals surface area contributed by atoms with Crippen molar-refractivity contribution >= 4 is 15.9 Å². The Balaban J connectivity index is 2.23. The first-order valence-corrected chi connectivity index (χ1v) is 5.72. The average molecular weight is 255 g/mol. The lowest BCUT2D eigenvalue weighted by Gasteiger charge is -2.36. The number of hydrogen-bond acceptors (Lipinski definition) is 2. The highest BCUT2D eigenvalue weighted by molar-refractivity contribution is 9.10. The minimum atomic E-state index is 0.0823. The van der Waals surface area contributed by atoms with Crippen LogP contribution in [0.4, 0.5) is 0 Å². The maximum atomic E-state index is 3.55. The van der Waals surface area contributed by atoms with Gasteiger partial charge in [0.2, 0.25) is 0 Å². The monoisotopic (exact) mass is 254 g/mol. The summed E-state index contributed by atoms with van der Waals surface area (Å²) in [6.07, 6.45) is 0. The van der Waals surface area contributed by atoms with E-state index in [1.54, 1.807) is 0 Å². The van der Waals surface area contributed by atoms with E-state index >= 15 is 0 Å². The third kappa shape index (κ3) is 2.00. The Morgan fingerprint density at radius 2 is 1.93 bits per heavy atom. The molecule has 2 rings (SSSR count). The molecule has 1 aliphatic rings. The standard InChI is InChI=1S/C11H15BrN2/c1-11(8-13-6-7-14-11)9-2-4-10(12)5-3-9/h2-5,13-14H,6-8H2,1H3/t11-/m1/s1. The maximum Gasteiger partial charge on any atom is 0.0532 e. The second-order valence-electron chi connectivity index (χ2n) is 3.94. The van der Waals surface area contributed by atoms with Crippen molar-refractivity contribution in [2.75, 3.05) is 19.6 Å². The molecule has 0 radical (unpaired) electrons. The van der Waals surface area contributed by atoms with E-state index in [1.165, 1.54) is 5.56 Å². The molecule has 0 saturated carbocycles. The fraction of sp³-hybridized carbons (Fsp3) is 0.455. The molecular formula is C11H15BrN2. The molecule has 14 heavy (non-hydrogen) atoms. The molecule has 2 N–H and O–H groups in total. The van der Waals surface area contributed by atoms with Crippen LogP contribution in [-0.4, -0.2) is 19.6 Å². The molecule has 0 aromatic heterocycles. The molecular weight excluding hydrogens is 240 g/mol. The van der Waals surface area contributed by atoms with Crippen LogP contribution in [-0.2, 0) is 5.54 Å². The summed E-state index contributed by atoms with van der Waals surface area (Å²) in [5.74, 6) is 0. The van der Waals surface area contributed by atoms with Gasteiger partial charge < -0.3 is 10.6 Å². The van der Waals surface area contributed by atoms with E-state index in [4.69, 9.17) is 0 Å². The van der Waals surface area contributed by atoms with Crippen molar-refractivity contribution in [2.24, 2.45) is 0 Å². The first kappa shape index (κ1) is 10.1. The Morgan fingerprint density at radius 3 is 2.50 bits per heavy atom. The Morgan fingerprint density at radius 1 is 1.21 bits per heavy atom. The fourth-order valence-electron chi connectivity index (χ4n) is 1.85. The Labute approximate surface area is 93.2 Å². The number of hydrogen-bond donors (Lipinski definition) is 2. The van der Waals surface area contributed by atoms with Crippen LogP contribution in [0.3, 0.4) is 0 Å². The molecule has 3 heteroatoms. The summed E-state index contributed by atoms with van der Waals surface area (Å²) in [4.78, 5) is 0. The van der Waals surface area contributed by atoms with Crippen LogP contribution in [0.5, 0.6) is 0 Å². The van der Waals surface area contributed by atoms with Gasteiger partial charge in [-0.2, -0.15) is 0 Å². The zero-order chi connectivity index (χ0) is 10.0. The van der Waals surface area contributed by atoms with Gasteiger partial charge in [-0.05, 0) is 24.6 Å². The molecule has 1 atom stereocenters. The molecule has 0 bridgehead atoms. The summed E-state index contributed by atoms with van der Waals surface area (Å²) in [5, 5.41) is 6.97. The van der Waals surface area contributed by atoms with Crippen LogP contribution in [0.25, 0.3) is 0 Å². The largest absolute Gasteiger partial charge is 0.313 e. The van der Waals surface area contributed by atoms with E-state index in [0.29, 0.717) is 0 Å². The summed E-state index contributed by atoms with van der Waals surface area (Å²) in [6, 6.07) is 8.53. The zero-order valence-electron chi connectivity index (χ0n) is 8.31. The second kappa shape index (κ2) is 4.01. The van der Waals surface area contributed by atoms with Crippen LogP contribution >= 0.6 is 15.9 Å². The molecule has 1 fully saturated rings. The van der Waals surface area contributed by atoms with Crippen molar-refractivity contribution in [3.8, 4) is 0 Å². The number of halogens is 1. The van der Waals surface area contributed by atoms with Crippen molar-refractivity contribution in [1.29, 1.82) is 0 Å². The van der Waals surface area contributed by atoms with Gasteiger partial charge in [-0.25, -0.2) is 0 Å². The van der Waals surface area contributed by atoms with Crippen molar-refractivity contribution in [1.82, 2.24) is 10.6 Å². The van der Waals surface area contributed by atoms with E-state index in [1.807, 2.05) is 0 Å². The first-order chi connectivity index (χ1) is 6.71. The summed E-state index contributed by atoms with van der Waals surface area (Å²) >= 11 is 3.45. The summed E-state index contributed by atoms with van der Waals surface area (Å²) < 4.78 is 1.13. The second-order valence-corrected chi connectivity index (χ2v) is 4.86. The Hall–Kier alpha value is -0.380. The number of piperazine rings is 1. The molecule has 0 amide bonds. The number of rotatable bonds is 1. The van der Waals surface area contributed by atoms with Crippen LogP contribution in [0.1, 0.15) is 12.5 Å². The average Bonchev–Trinajstić information content (AvgIpc) is 2.19. The number of nitrogens with one attached hydrogen (secondary N) is 2. The first-order valence-electron chi connectivity index (χ1n) is 4.92. The van der Waals surface area contributed by atoms with Gasteiger partial charge in [0, 0.05) is 24.1 Å². The molecule has 1 saturated heterocycles. The third-order valence-corrected chi connectivity index (χ3v) is 3.31. The number of benzene rings is 1. The van der Waals surface area contributed by atoms with Gasteiger partial charge in [0.1, 0.15) is 0 Å². The Kier molecular flexibility index (Phi) is 2.91. The predicted molar refractivity (Wildman–Crippen MR) is 62.4 cm³/mol. The van der Waals surface area contributed by atoms with E-state index in [0.717, 1.165) is 24.1 Å². The topological polar surface area (TPSA) is 24.1 Å². The van der Waals surface area contributed by atoms with Crippen LogP contribution in [0.15, 0.2) is 28.7 Å². The van der Waals surface area contributed by atoms with E-state index in [9.17, 15) is 0 Å². The third-order valence-electron chi connectivity index (χ3n) is 2.78. The molecule has 1 heterocycles. The Bertz CT molecular complexity index is 302. The molecule has 76 valence electrons. The molecule has 1 aromatic carbocycles. The van der Waals surface area contributed by atoms with Gasteiger partial charge in [-0.3, -0.25) is 0 Å². The van der Waals surface area contributed by atoms with Crippen LogP contribution in [0.2, 0.25) is 0 Å². The molecule has 2 nitrogen and oxygen atoms in total. The lowest BCUT2D eigenvalue weighted by Crippen LogP contribution is -2.54. The SMILES string of the molecule is C[C@]1(c2ccc(Br)cc2)CNCCN1. The highest BCUT2D eigenvalue weighted by Crippen LogP contribution is 2.23. The van der Waals surface area contributed by atoms with Gasteiger partial charge in [0.25, 0.3) is 0 Å². The van der Waals surface area contributed by atoms with Crippen molar-refractivity contribution in [3.63, 3.8) is 0 Å². The zero-order valence-corrected chi connectivity index (χ0v) is 9.89. The summed E-state index contributed by atoms with van der Waals surface area (Å²) in [6.45, 7) is 5.33. The minimum Gasteiger partial charge on any atom is -0.313 e. The van der Waals surface area contributed by atoms with Crippen molar-refractivity contribution < 1.29 is 0 Å². The van der Waals surface area contributed by atoms with Crippen LogP contribution in [0, 0.1) is 0 Å².